The van der Waals surface area contributed by atoms with Crippen LogP contribution in [0, 0.1) is 0 Å². The van der Waals surface area contributed by atoms with Crippen LogP contribution in [-0.2, 0) is 0 Å². The van der Waals surface area contributed by atoms with Gasteiger partial charge in [-0.05, 0) is 5.39 Å². The Balaban J connectivity index is 2.66. The van der Waals surface area contributed by atoms with Gasteiger partial charge in [0.05, 0.1) is 0 Å². The molecule has 1 aromatic heterocycles. The molecule has 0 atom stereocenters. The molecule has 0 bridgehead atoms. The standard InChI is InChI=1S/C12H9Cl2N/c13-7-3-4-9-8-15-12(14)11-6-2-1-5-10(9)11/h1-6,8H,7H2. The number of aromatic nitrogens is 1. The molecule has 0 saturated heterocycles. The lowest BCUT2D eigenvalue weighted by atomic mass is 10.1. The van der Waals surface area contributed by atoms with Crippen LogP contribution < -0.4 is 0 Å². The van der Waals surface area contributed by atoms with E-state index in [1.165, 1.54) is 0 Å². The van der Waals surface area contributed by atoms with Gasteiger partial charge >= 0.3 is 0 Å². The third kappa shape index (κ3) is 2.14. The average Bonchev–Trinajstić information content (AvgIpc) is 2.29. The molecule has 0 aliphatic rings. The minimum absolute atomic E-state index is 0.497. The van der Waals surface area contributed by atoms with E-state index in [2.05, 4.69) is 4.98 Å². The Morgan fingerprint density at radius 3 is 2.67 bits per heavy atom. The van der Waals surface area contributed by atoms with Gasteiger partial charge in [0.2, 0.25) is 0 Å². The molecule has 0 aliphatic heterocycles. The van der Waals surface area contributed by atoms with Crippen LogP contribution in [0.25, 0.3) is 16.8 Å². The second kappa shape index (κ2) is 4.65. The summed E-state index contributed by atoms with van der Waals surface area (Å²) in [5.74, 6) is 0.497. The van der Waals surface area contributed by atoms with Crippen molar-refractivity contribution in [2.45, 2.75) is 0 Å². The number of hydrogen-bond donors (Lipinski definition) is 0. The second-order valence-electron chi connectivity index (χ2n) is 3.11. The van der Waals surface area contributed by atoms with Crippen molar-refractivity contribution in [3.63, 3.8) is 0 Å². The molecule has 0 saturated carbocycles. The van der Waals surface area contributed by atoms with Crippen molar-refractivity contribution >= 4 is 40.1 Å². The minimum atomic E-state index is 0.497. The Kier molecular flexibility index (Phi) is 3.24. The van der Waals surface area contributed by atoms with Crippen molar-refractivity contribution in [2.75, 3.05) is 5.88 Å². The lowest BCUT2D eigenvalue weighted by molar-refractivity contribution is 1.35. The van der Waals surface area contributed by atoms with Crippen LogP contribution >= 0.6 is 23.2 Å². The van der Waals surface area contributed by atoms with E-state index in [9.17, 15) is 0 Å². The van der Waals surface area contributed by atoms with Crippen molar-refractivity contribution in [3.8, 4) is 0 Å². The highest BCUT2D eigenvalue weighted by Crippen LogP contribution is 2.24. The topological polar surface area (TPSA) is 12.9 Å². The summed E-state index contributed by atoms with van der Waals surface area (Å²) in [5, 5.41) is 2.60. The highest BCUT2D eigenvalue weighted by Gasteiger charge is 2.02. The molecular formula is C12H9Cl2N. The molecule has 1 nitrogen and oxygen atoms in total. The molecule has 15 heavy (non-hydrogen) atoms. The maximum Gasteiger partial charge on any atom is 0.136 e. The maximum absolute atomic E-state index is 6.00. The quantitative estimate of drug-likeness (QED) is 0.566. The molecule has 0 spiro atoms. The summed E-state index contributed by atoms with van der Waals surface area (Å²) in [5.41, 5.74) is 1.04. The number of nitrogens with zero attached hydrogens (tertiary/aromatic N) is 1. The summed E-state index contributed by atoms with van der Waals surface area (Å²) in [6, 6.07) is 7.92. The predicted molar refractivity (Wildman–Crippen MR) is 66.5 cm³/mol. The van der Waals surface area contributed by atoms with Gasteiger partial charge in [-0.25, -0.2) is 4.98 Å². The number of rotatable bonds is 2. The van der Waals surface area contributed by atoms with E-state index in [1.54, 1.807) is 6.20 Å². The van der Waals surface area contributed by atoms with Crippen molar-refractivity contribution in [3.05, 3.63) is 47.3 Å². The van der Waals surface area contributed by atoms with Gasteiger partial charge in [0, 0.05) is 23.0 Å². The molecule has 2 rings (SSSR count). The summed E-state index contributed by atoms with van der Waals surface area (Å²) >= 11 is 11.6. The van der Waals surface area contributed by atoms with Crippen LogP contribution in [0.4, 0.5) is 0 Å². The molecule has 0 N–H and O–H groups in total. The van der Waals surface area contributed by atoms with Gasteiger partial charge in [0.1, 0.15) is 5.15 Å². The number of benzene rings is 1. The first-order chi connectivity index (χ1) is 7.33. The van der Waals surface area contributed by atoms with Crippen molar-refractivity contribution in [2.24, 2.45) is 0 Å². The molecule has 3 heteroatoms. The fourth-order valence-corrected chi connectivity index (χ4v) is 1.79. The molecular weight excluding hydrogens is 229 g/mol. The number of pyridine rings is 1. The first-order valence-corrected chi connectivity index (χ1v) is 5.50. The largest absolute Gasteiger partial charge is 0.243 e. The van der Waals surface area contributed by atoms with E-state index < -0.39 is 0 Å². The normalized spacial score (nSPS) is 11.3. The summed E-state index contributed by atoms with van der Waals surface area (Å²) in [6.45, 7) is 0. The van der Waals surface area contributed by atoms with Crippen LogP contribution in [-0.4, -0.2) is 10.9 Å². The zero-order valence-corrected chi connectivity index (χ0v) is 9.46. The minimum Gasteiger partial charge on any atom is -0.243 e. The van der Waals surface area contributed by atoms with Gasteiger partial charge in [-0.2, -0.15) is 0 Å². The van der Waals surface area contributed by atoms with Crippen LogP contribution in [0.2, 0.25) is 5.15 Å². The van der Waals surface area contributed by atoms with Crippen molar-refractivity contribution in [1.82, 2.24) is 4.98 Å². The number of hydrogen-bond acceptors (Lipinski definition) is 1. The molecule has 0 fully saturated rings. The monoisotopic (exact) mass is 237 g/mol. The Morgan fingerprint density at radius 1 is 1.20 bits per heavy atom. The third-order valence-electron chi connectivity index (χ3n) is 2.16. The van der Waals surface area contributed by atoms with Crippen LogP contribution in [0.15, 0.2) is 36.5 Å². The first kappa shape index (κ1) is 10.5. The van der Waals surface area contributed by atoms with E-state index >= 15 is 0 Å². The molecule has 0 amide bonds. The van der Waals surface area contributed by atoms with Gasteiger partial charge < -0.3 is 0 Å². The van der Waals surface area contributed by atoms with Gasteiger partial charge in [-0.3, -0.25) is 0 Å². The van der Waals surface area contributed by atoms with Crippen LogP contribution in [0.1, 0.15) is 5.56 Å². The van der Waals surface area contributed by atoms with Gasteiger partial charge in [-0.15, -0.1) is 11.6 Å². The SMILES string of the molecule is ClCC=Cc1cnc(Cl)c2ccccc12. The zero-order valence-electron chi connectivity index (χ0n) is 7.95. The van der Waals surface area contributed by atoms with E-state index in [0.29, 0.717) is 11.0 Å². The smallest absolute Gasteiger partial charge is 0.136 e. The molecule has 1 heterocycles. The van der Waals surface area contributed by atoms with E-state index in [-0.39, 0.29) is 0 Å². The highest BCUT2D eigenvalue weighted by molar-refractivity contribution is 6.34. The maximum atomic E-state index is 6.00. The van der Waals surface area contributed by atoms with Gasteiger partial charge in [-0.1, -0.05) is 48.0 Å². The molecule has 0 radical (unpaired) electrons. The molecule has 76 valence electrons. The lowest BCUT2D eigenvalue weighted by Crippen LogP contribution is -1.83. The first-order valence-electron chi connectivity index (χ1n) is 4.58. The van der Waals surface area contributed by atoms with Gasteiger partial charge in [0.15, 0.2) is 0 Å². The molecule has 0 unspecified atom stereocenters. The zero-order chi connectivity index (χ0) is 10.7. The summed E-state index contributed by atoms with van der Waals surface area (Å²) < 4.78 is 0. The van der Waals surface area contributed by atoms with Crippen molar-refractivity contribution < 1.29 is 0 Å². The number of fused-ring (bicyclic) bond motifs is 1. The Labute approximate surface area is 98.3 Å². The molecule has 1 aromatic carbocycles. The predicted octanol–water partition coefficient (Wildman–Crippen LogP) is 4.14. The van der Waals surface area contributed by atoms with Gasteiger partial charge in [0.25, 0.3) is 0 Å². The van der Waals surface area contributed by atoms with E-state index in [1.807, 2.05) is 36.4 Å². The lowest BCUT2D eigenvalue weighted by Gasteiger charge is -2.02. The highest BCUT2D eigenvalue weighted by atomic mass is 35.5. The average molecular weight is 238 g/mol. The van der Waals surface area contributed by atoms with Crippen LogP contribution in [0.5, 0.6) is 0 Å². The second-order valence-corrected chi connectivity index (χ2v) is 3.77. The summed E-state index contributed by atoms with van der Waals surface area (Å²) in [6.07, 6.45) is 5.60. The van der Waals surface area contributed by atoms with Crippen LogP contribution in [0.3, 0.4) is 0 Å². The number of halogens is 2. The Bertz CT molecular complexity index is 506. The summed E-state index contributed by atoms with van der Waals surface area (Å²) in [4.78, 5) is 4.13. The van der Waals surface area contributed by atoms with Crippen molar-refractivity contribution in [1.29, 1.82) is 0 Å². The summed E-state index contributed by atoms with van der Waals surface area (Å²) in [7, 11) is 0. The fraction of sp³-hybridized carbons (Fsp3) is 0.0833. The fourth-order valence-electron chi connectivity index (χ4n) is 1.48. The Morgan fingerprint density at radius 2 is 1.93 bits per heavy atom. The number of alkyl halides is 1. The third-order valence-corrected chi connectivity index (χ3v) is 2.64. The Hall–Kier alpha value is -1.05. The van der Waals surface area contributed by atoms with E-state index in [0.717, 1.165) is 16.3 Å². The molecule has 2 aromatic rings. The van der Waals surface area contributed by atoms with E-state index in [4.69, 9.17) is 23.2 Å². The number of allylic oxidation sites excluding steroid dienone is 1. The molecule has 0 aliphatic carbocycles.